The second kappa shape index (κ2) is 7.30. The number of nitro groups is 1. The second-order valence-electron chi connectivity index (χ2n) is 4.76. The molecular weight excluding hydrogens is 341 g/mol. The molecule has 2 aromatic rings. The predicted octanol–water partition coefficient (Wildman–Crippen LogP) is 4.78. The first kappa shape index (κ1) is 17.1. The summed E-state index contributed by atoms with van der Waals surface area (Å²) in [6, 6.07) is 10.4. The van der Waals surface area contributed by atoms with Crippen molar-refractivity contribution in [2.45, 2.75) is 13.0 Å². The first-order chi connectivity index (χ1) is 10.9. The summed E-state index contributed by atoms with van der Waals surface area (Å²) >= 11 is 11.8. The summed E-state index contributed by atoms with van der Waals surface area (Å²) in [6.45, 7) is 1.78. The van der Waals surface area contributed by atoms with Crippen molar-refractivity contribution in [3.8, 4) is 0 Å². The van der Waals surface area contributed by atoms with Gasteiger partial charge in [0.05, 0.1) is 11.0 Å². The second-order valence-corrected chi connectivity index (χ2v) is 5.58. The van der Waals surface area contributed by atoms with E-state index in [-0.39, 0.29) is 22.4 Å². The van der Waals surface area contributed by atoms with Gasteiger partial charge in [-0.25, -0.2) is 4.79 Å². The largest absolute Gasteiger partial charge is 0.331 e. The zero-order chi connectivity index (χ0) is 17.0. The molecule has 0 aliphatic carbocycles. The molecule has 2 N–H and O–H groups in total. The lowest BCUT2D eigenvalue weighted by molar-refractivity contribution is -0.384. The predicted molar refractivity (Wildman–Crippen MR) is 90.1 cm³/mol. The van der Waals surface area contributed by atoms with Crippen LogP contribution in [0.2, 0.25) is 10.0 Å². The van der Waals surface area contributed by atoms with Crippen molar-refractivity contribution in [3.63, 3.8) is 0 Å². The number of hydrogen-bond donors (Lipinski definition) is 2. The zero-order valence-corrected chi connectivity index (χ0v) is 13.6. The molecule has 2 amide bonds. The molecule has 1 atom stereocenters. The van der Waals surface area contributed by atoms with Crippen LogP contribution >= 0.6 is 23.2 Å². The number of nitro benzene ring substituents is 1. The summed E-state index contributed by atoms with van der Waals surface area (Å²) in [4.78, 5) is 22.2. The molecule has 0 saturated carbocycles. The van der Waals surface area contributed by atoms with Crippen molar-refractivity contribution < 1.29 is 9.72 Å². The molecule has 0 spiro atoms. The van der Waals surface area contributed by atoms with E-state index in [4.69, 9.17) is 23.2 Å². The van der Waals surface area contributed by atoms with E-state index >= 15 is 0 Å². The van der Waals surface area contributed by atoms with Crippen molar-refractivity contribution in [2.75, 3.05) is 5.32 Å². The van der Waals surface area contributed by atoms with Gasteiger partial charge in [-0.3, -0.25) is 10.1 Å². The summed E-state index contributed by atoms with van der Waals surface area (Å²) in [5.74, 6) is 0. The summed E-state index contributed by atoms with van der Waals surface area (Å²) in [5, 5.41) is 16.6. The molecule has 0 bridgehead atoms. The Kier molecular flexibility index (Phi) is 5.41. The summed E-state index contributed by atoms with van der Waals surface area (Å²) in [5.41, 5.74) is 0.764. The molecule has 8 heteroatoms. The minimum atomic E-state index is -0.613. The normalized spacial score (nSPS) is 11.6. The molecule has 2 aromatic carbocycles. The average molecular weight is 354 g/mol. The molecular formula is C15H13Cl2N3O3. The highest BCUT2D eigenvalue weighted by Crippen LogP contribution is 2.27. The lowest BCUT2D eigenvalue weighted by Gasteiger charge is -2.16. The van der Waals surface area contributed by atoms with Crippen LogP contribution in [0.15, 0.2) is 42.5 Å². The van der Waals surface area contributed by atoms with Crippen LogP contribution in [0.4, 0.5) is 16.2 Å². The Morgan fingerprint density at radius 3 is 2.52 bits per heavy atom. The maximum Gasteiger partial charge on any atom is 0.319 e. The van der Waals surface area contributed by atoms with E-state index in [1.54, 1.807) is 25.1 Å². The van der Waals surface area contributed by atoms with Gasteiger partial charge in [-0.05, 0) is 30.7 Å². The topological polar surface area (TPSA) is 84.3 Å². The molecule has 0 saturated heterocycles. The van der Waals surface area contributed by atoms with Crippen LogP contribution in [0.3, 0.4) is 0 Å². The maximum absolute atomic E-state index is 12.0. The van der Waals surface area contributed by atoms with Gasteiger partial charge in [0.25, 0.3) is 5.69 Å². The fraction of sp³-hybridized carbons (Fsp3) is 0.133. The van der Waals surface area contributed by atoms with Crippen LogP contribution in [0, 0.1) is 10.1 Å². The van der Waals surface area contributed by atoms with Crippen LogP contribution in [0.5, 0.6) is 0 Å². The number of urea groups is 1. The molecule has 23 heavy (non-hydrogen) atoms. The molecule has 1 unspecified atom stereocenters. The summed E-state index contributed by atoms with van der Waals surface area (Å²) in [7, 11) is 0. The van der Waals surface area contributed by atoms with E-state index in [0.29, 0.717) is 5.02 Å². The van der Waals surface area contributed by atoms with E-state index in [2.05, 4.69) is 10.6 Å². The van der Waals surface area contributed by atoms with E-state index in [1.807, 2.05) is 6.07 Å². The number of amides is 2. The molecule has 2 rings (SSSR count). The van der Waals surface area contributed by atoms with Gasteiger partial charge in [-0.2, -0.15) is 0 Å². The van der Waals surface area contributed by atoms with Gasteiger partial charge in [-0.1, -0.05) is 41.4 Å². The average Bonchev–Trinajstić information content (AvgIpc) is 2.49. The van der Waals surface area contributed by atoms with Crippen LogP contribution in [0.1, 0.15) is 18.5 Å². The minimum absolute atomic E-state index is 0.00499. The van der Waals surface area contributed by atoms with Gasteiger partial charge >= 0.3 is 6.03 Å². The Morgan fingerprint density at radius 1 is 1.17 bits per heavy atom. The Bertz CT molecular complexity index is 752. The molecule has 6 nitrogen and oxygen atoms in total. The highest BCUT2D eigenvalue weighted by atomic mass is 35.5. The number of halogens is 2. The molecule has 0 heterocycles. The number of rotatable bonds is 4. The molecule has 0 aliphatic heterocycles. The highest BCUT2D eigenvalue weighted by Gasteiger charge is 2.15. The summed E-state index contributed by atoms with van der Waals surface area (Å²) < 4.78 is 0. The fourth-order valence-electron chi connectivity index (χ4n) is 2.00. The van der Waals surface area contributed by atoms with Gasteiger partial charge < -0.3 is 10.6 Å². The molecule has 0 radical (unpaired) electrons. The van der Waals surface area contributed by atoms with Crippen LogP contribution < -0.4 is 10.6 Å². The molecule has 120 valence electrons. The van der Waals surface area contributed by atoms with Gasteiger partial charge in [-0.15, -0.1) is 0 Å². The third kappa shape index (κ3) is 4.34. The van der Waals surface area contributed by atoms with Crippen LogP contribution in [0.25, 0.3) is 0 Å². The van der Waals surface area contributed by atoms with Crippen molar-refractivity contribution in [3.05, 3.63) is 68.2 Å². The fourth-order valence-corrected chi connectivity index (χ4v) is 2.48. The number of carbonyl (C=O) groups is 1. The number of nitrogens with zero attached hydrogens (tertiary/aromatic N) is 1. The minimum Gasteiger partial charge on any atom is -0.331 e. The van der Waals surface area contributed by atoms with Gasteiger partial charge in [0, 0.05) is 16.8 Å². The zero-order valence-electron chi connectivity index (χ0n) is 12.0. The maximum atomic E-state index is 12.0. The Balaban J connectivity index is 2.07. The monoisotopic (exact) mass is 353 g/mol. The number of hydrogen-bond acceptors (Lipinski definition) is 3. The Morgan fingerprint density at radius 2 is 1.87 bits per heavy atom. The highest BCUT2D eigenvalue weighted by molar-refractivity contribution is 6.32. The number of nitrogens with one attached hydrogen (secondary N) is 2. The summed E-state index contributed by atoms with van der Waals surface area (Å²) in [6.07, 6.45) is 0. The van der Waals surface area contributed by atoms with E-state index in [9.17, 15) is 14.9 Å². The van der Waals surface area contributed by atoms with Gasteiger partial charge in [0.15, 0.2) is 0 Å². The van der Waals surface area contributed by atoms with Crippen LogP contribution in [-0.4, -0.2) is 11.0 Å². The van der Waals surface area contributed by atoms with Crippen molar-refractivity contribution in [1.82, 2.24) is 5.32 Å². The Labute approximate surface area is 142 Å². The number of benzene rings is 2. The van der Waals surface area contributed by atoms with Crippen molar-refractivity contribution >= 4 is 40.6 Å². The molecule has 0 aromatic heterocycles. The van der Waals surface area contributed by atoms with Crippen LogP contribution in [-0.2, 0) is 0 Å². The third-order valence-corrected chi connectivity index (χ3v) is 3.78. The first-order valence-electron chi connectivity index (χ1n) is 6.64. The number of anilines is 1. The van der Waals surface area contributed by atoms with E-state index < -0.39 is 11.0 Å². The quantitative estimate of drug-likeness (QED) is 0.612. The van der Waals surface area contributed by atoms with Gasteiger partial charge in [0.1, 0.15) is 5.02 Å². The van der Waals surface area contributed by atoms with E-state index in [0.717, 1.165) is 5.56 Å². The lowest BCUT2D eigenvalue weighted by Crippen LogP contribution is -2.31. The molecule has 0 aliphatic rings. The van der Waals surface area contributed by atoms with Crippen molar-refractivity contribution in [2.24, 2.45) is 0 Å². The lowest BCUT2D eigenvalue weighted by atomic mass is 10.1. The standard InChI is InChI=1S/C15H13Cl2N3O3/c1-9(11-4-2-3-5-12(11)16)18-15(21)19-10-6-7-13(17)14(8-10)20(22)23/h2-9H,1H3,(H2,18,19,21). The smallest absolute Gasteiger partial charge is 0.319 e. The third-order valence-electron chi connectivity index (χ3n) is 3.12. The SMILES string of the molecule is CC(NC(=O)Nc1ccc(Cl)c([N+](=O)[O-])c1)c1ccccc1Cl. The van der Waals surface area contributed by atoms with E-state index in [1.165, 1.54) is 18.2 Å². The Hall–Kier alpha value is -2.31. The van der Waals surface area contributed by atoms with Gasteiger partial charge in [0.2, 0.25) is 0 Å². The van der Waals surface area contributed by atoms with Crippen molar-refractivity contribution in [1.29, 1.82) is 0 Å². The number of carbonyl (C=O) groups excluding carboxylic acids is 1. The first-order valence-corrected chi connectivity index (χ1v) is 7.40. The molecule has 0 fully saturated rings.